The third-order valence-electron chi connectivity index (χ3n) is 2.91. The van der Waals surface area contributed by atoms with E-state index in [1.165, 1.54) is 4.88 Å². The fourth-order valence-electron chi connectivity index (χ4n) is 1.90. The summed E-state index contributed by atoms with van der Waals surface area (Å²) in [6.45, 7) is 1.32. The van der Waals surface area contributed by atoms with Crippen LogP contribution >= 0.6 is 11.3 Å². The Labute approximate surface area is 120 Å². The molecule has 0 saturated heterocycles. The summed E-state index contributed by atoms with van der Waals surface area (Å²) in [5, 5.41) is 2.00. The molecule has 0 unspecified atom stereocenters. The molecule has 0 fully saturated rings. The van der Waals surface area contributed by atoms with E-state index in [0.717, 1.165) is 24.7 Å². The van der Waals surface area contributed by atoms with Gasteiger partial charge in [0.15, 0.2) is 5.78 Å². The van der Waals surface area contributed by atoms with Gasteiger partial charge >= 0.3 is 0 Å². The highest BCUT2D eigenvalue weighted by atomic mass is 32.1. The van der Waals surface area contributed by atoms with E-state index < -0.39 is 11.6 Å². The molecule has 0 bridgehead atoms. The molecule has 0 N–H and O–H groups in total. The number of Topliss-reactive ketones (excluding diaryl/α,β-unsaturated/α-hetero) is 1. The van der Waals surface area contributed by atoms with Gasteiger partial charge in [-0.2, -0.15) is 0 Å². The number of carbonyl (C=O) groups is 1. The van der Waals surface area contributed by atoms with E-state index in [-0.39, 0.29) is 17.8 Å². The van der Waals surface area contributed by atoms with Crippen molar-refractivity contribution in [3.63, 3.8) is 0 Å². The first-order valence-corrected chi connectivity index (χ1v) is 7.13. The quantitative estimate of drug-likeness (QED) is 0.757. The van der Waals surface area contributed by atoms with Crippen LogP contribution in [0.4, 0.5) is 8.78 Å². The Morgan fingerprint density at radius 1 is 1.25 bits per heavy atom. The maximum Gasteiger partial charge on any atom is 0.164 e. The Kier molecular flexibility index (Phi) is 4.98. The first-order valence-electron chi connectivity index (χ1n) is 6.25. The van der Waals surface area contributed by atoms with E-state index >= 15 is 0 Å². The number of nitrogens with zero attached hydrogens (tertiary/aromatic N) is 1. The van der Waals surface area contributed by atoms with Crippen LogP contribution in [0, 0.1) is 11.6 Å². The van der Waals surface area contributed by atoms with Crippen LogP contribution in [0.15, 0.2) is 35.7 Å². The van der Waals surface area contributed by atoms with Gasteiger partial charge in [-0.1, -0.05) is 6.07 Å². The Bertz CT molecular complexity index is 563. The van der Waals surface area contributed by atoms with E-state index in [0.29, 0.717) is 6.54 Å². The zero-order chi connectivity index (χ0) is 14.5. The van der Waals surface area contributed by atoms with Gasteiger partial charge in [-0.25, -0.2) is 8.78 Å². The van der Waals surface area contributed by atoms with Gasteiger partial charge in [-0.3, -0.25) is 4.79 Å². The summed E-state index contributed by atoms with van der Waals surface area (Å²) in [6, 6.07) is 6.93. The van der Waals surface area contributed by atoms with Crippen LogP contribution in [0.2, 0.25) is 0 Å². The molecule has 0 atom stereocenters. The van der Waals surface area contributed by atoms with E-state index in [4.69, 9.17) is 0 Å². The maximum atomic E-state index is 13.0. The van der Waals surface area contributed by atoms with Crippen molar-refractivity contribution in [1.29, 1.82) is 0 Å². The second-order valence-electron chi connectivity index (χ2n) is 4.65. The average Bonchev–Trinajstić information content (AvgIpc) is 2.87. The van der Waals surface area contributed by atoms with Gasteiger partial charge < -0.3 is 4.90 Å². The first-order chi connectivity index (χ1) is 9.54. The SMILES string of the molecule is CN(CCC(=O)c1cc(F)cc(F)c1)Cc1cccs1. The standard InChI is InChI=1S/C15H15F2NOS/c1-18(10-14-3-2-6-20-14)5-4-15(19)11-7-12(16)9-13(17)8-11/h2-3,6-9H,4-5,10H2,1H3. The fourth-order valence-corrected chi connectivity index (χ4v) is 2.68. The van der Waals surface area contributed by atoms with Crippen molar-refractivity contribution in [1.82, 2.24) is 4.90 Å². The maximum absolute atomic E-state index is 13.0. The molecule has 0 saturated carbocycles. The molecule has 2 rings (SSSR count). The lowest BCUT2D eigenvalue weighted by Crippen LogP contribution is -2.21. The smallest absolute Gasteiger partial charge is 0.164 e. The second kappa shape index (κ2) is 6.72. The minimum Gasteiger partial charge on any atom is -0.301 e. The summed E-state index contributed by atoms with van der Waals surface area (Å²) in [5.74, 6) is -1.69. The second-order valence-corrected chi connectivity index (χ2v) is 5.68. The van der Waals surface area contributed by atoms with Crippen LogP contribution in [0.1, 0.15) is 21.7 Å². The number of hydrogen-bond acceptors (Lipinski definition) is 3. The van der Waals surface area contributed by atoms with Crippen LogP contribution in [-0.2, 0) is 6.54 Å². The molecular formula is C15H15F2NOS. The van der Waals surface area contributed by atoms with E-state index in [1.807, 2.05) is 29.5 Å². The molecule has 1 aromatic carbocycles. The molecule has 2 nitrogen and oxygen atoms in total. The molecule has 5 heteroatoms. The summed E-state index contributed by atoms with van der Waals surface area (Å²) >= 11 is 1.66. The van der Waals surface area contributed by atoms with Gasteiger partial charge in [0, 0.05) is 36.0 Å². The van der Waals surface area contributed by atoms with Gasteiger partial charge in [0.25, 0.3) is 0 Å². The lowest BCUT2D eigenvalue weighted by Gasteiger charge is -2.14. The van der Waals surface area contributed by atoms with Gasteiger partial charge in [-0.05, 0) is 30.6 Å². The number of carbonyl (C=O) groups excluding carboxylic acids is 1. The molecule has 1 aromatic heterocycles. The third kappa shape index (κ3) is 4.21. The highest BCUT2D eigenvalue weighted by molar-refractivity contribution is 7.09. The Balaban J connectivity index is 1.88. The van der Waals surface area contributed by atoms with Gasteiger partial charge in [0.2, 0.25) is 0 Å². The number of halogens is 2. The van der Waals surface area contributed by atoms with Crippen molar-refractivity contribution in [3.8, 4) is 0 Å². The van der Waals surface area contributed by atoms with Crippen molar-refractivity contribution in [2.75, 3.05) is 13.6 Å². The molecule has 1 heterocycles. The zero-order valence-electron chi connectivity index (χ0n) is 11.1. The topological polar surface area (TPSA) is 20.3 Å². The van der Waals surface area contributed by atoms with Gasteiger partial charge in [0.05, 0.1) is 0 Å². The van der Waals surface area contributed by atoms with Crippen LogP contribution in [-0.4, -0.2) is 24.3 Å². The molecule has 0 aliphatic rings. The highest BCUT2D eigenvalue weighted by Crippen LogP contribution is 2.13. The summed E-state index contributed by atoms with van der Waals surface area (Å²) in [6.07, 6.45) is 0.241. The molecule has 0 aliphatic carbocycles. The van der Waals surface area contributed by atoms with Crippen molar-refractivity contribution < 1.29 is 13.6 Å². The molecule has 2 aromatic rings. The van der Waals surface area contributed by atoms with Crippen molar-refractivity contribution in [3.05, 3.63) is 57.8 Å². The first kappa shape index (κ1) is 14.8. The number of thiophene rings is 1. The van der Waals surface area contributed by atoms with E-state index in [2.05, 4.69) is 0 Å². The number of ketones is 1. The summed E-state index contributed by atoms with van der Waals surface area (Å²) in [7, 11) is 1.92. The number of hydrogen-bond donors (Lipinski definition) is 0. The summed E-state index contributed by atoms with van der Waals surface area (Å²) < 4.78 is 26.1. The molecule has 20 heavy (non-hydrogen) atoms. The normalized spacial score (nSPS) is 11.0. The molecule has 0 amide bonds. The zero-order valence-corrected chi connectivity index (χ0v) is 11.9. The summed E-state index contributed by atoms with van der Waals surface area (Å²) in [5.41, 5.74) is 0.0898. The minimum absolute atomic E-state index is 0.0898. The summed E-state index contributed by atoms with van der Waals surface area (Å²) in [4.78, 5) is 15.1. The van der Waals surface area contributed by atoms with Crippen LogP contribution in [0.3, 0.4) is 0 Å². The number of rotatable bonds is 6. The van der Waals surface area contributed by atoms with Crippen molar-refractivity contribution in [2.45, 2.75) is 13.0 Å². The predicted octanol–water partition coefficient (Wildman–Crippen LogP) is 3.73. The van der Waals surface area contributed by atoms with Gasteiger partial charge in [-0.15, -0.1) is 11.3 Å². The molecule has 0 radical (unpaired) electrons. The van der Waals surface area contributed by atoms with Crippen LogP contribution in [0.5, 0.6) is 0 Å². The molecule has 0 aliphatic heterocycles. The lowest BCUT2D eigenvalue weighted by molar-refractivity contribution is 0.0967. The Morgan fingerprint density at radius 3 is 2.55 bits per heavy atom. The number of benzene rings is 1. The average molecular weight is 295 g/mol. The van der Waals surface area contributed by atoms with Crippen LogP contribution < -0.4 is 0 Å². The highest BCUT2D eigenvalue weighted by Gasteiger charge is 2.11. The third-order valence-corrected chi connectivity index (χ3v) is 3.77. The lowest BCUT2D eigenvalue weighted by atomic mass is 10.1. The minimum atomic E-state index is -0.722. The van der Waals surface area contributed by atoms with Gasteiger partial charge in [0.1, 0.15) is 11.6 Å². The fraction of sp³-hybridized carbons (Fsp3) is 0.267. The van der Waals surface area contributed by atoms with E-state index in [1.54, 1.807) is 11.3 Å². The predicted molar refractivity (Wildman–Crippen MR) is 76.0 cm³/mol. The largest absolute Gasteiger partial charge is 0.301 e. The monoisotopic (exact) mass is 295 g/mol. The van der Waals surface area contributed by atoms with E-state index in [9.17, 15) is 13.6 Å². The van der Waals surface area contributed by atoms with Crippen molar-refractivity contribution >= 4 is 17.1 Å². The Morgan fingerprint density at radius 2 is 1.95 bits per heavy atom. The molecule has 106 valence electrons. The molecular weight excluding hydrogens is 280 g/mol. The molecule has 0 spiro atoms. The van der Waals surface area contributed by atoms with Crippen LogP contribution in [0.25, 0.3) is 0 Å². The Hall–Kier alpha value is -1.59. The van der Waals surface area contributed by atoms with Crippen molar-refractivity contribution in [2.24, 2.45) is 0 Å².